The summed E-state index contributed by atoms with van der Waals surface area (Å²) in [5.74, 6) is 2.15. The molecule has 1 amide bonds. The first-order valence-electron chi connectivity index (χ1n) is 10.2. The van der Waals surface area contributed by atoms with Crippen molar-refractivity contribution in [3.8, 4) is 11.5 Å². The van der Waals surface area contributed by atoms with Gasteiger partial charge in [-0.05, 0) is 42.7 Å². The summed E-state index contributed by atoms with van der Waals surface area (Å²) in [7, 11) is 0. The number of hydrogen-bond donors (Lipinski definition) is 3. The maximum Gasteiger partial charge on any atom is 0.230 e. The Hall–Kier alpha value is -2.84. The van der Waals surface area contributed by atoms with E-state index < -0.39 is 0 Å². The lowest BCUT2D eigenvalue weighted by molar-refractivity contribution is -0.119. The Morgan fingerprint density at radius 2 is 1.93 bits per heavy atom. The third kappa shape index (κ3) is 3.73. The summed E-state index contributed by atoms with van der Waals surface area (Å²) in [6.07, 6.45) is 4.16. The molecule has 2 saturated heterocycles. The largest absolute Gasteiger partial charge is 0.486 e. The average Bonchev–Trinajstić information content (AvgIpc) is 3.46. The first-order chi connectivity index (χ1) is 14.3. The molecule has 3 N–H and O–H groups in total. The molecular weight excluding hydrogens is 370 g/mol. The Morgan fingerprint density at radius 1 is 1.10 bits per heavy atom. The number of nitrogens with one attached hydrogen (secondary N) is 3. The smallest absolute Gasteiger partial charge is 0.230 e. The van der Waals surface area contributed by atoms with Crippen molar-refractivity contribution in [1.29, 1.82) is 0 Å². The highest BCUT2D eigenvalue weighted by Crippen LogP contribution is 2.35. The Bertz CT molecular complexity index is 882. The van der Waals surface area contributed by atoms with Crippen LogP contribution in [0.15, 0.2) is 36.5 Å². The Balaban J connectivity index is 1.27. The fourth-order valence-electron chi connectivity index (χ4n) is 4.14. The van der Waals surface area contributed by atoms with E-state index in [1.54, 1.807) is 6.20 Å². The van der Waals surface area contributed by atoms with E-state index >= 15 is 0 Å². The van der Waals surface area contributed by atoms with Gasteiger partial charge in [0, 0.05) is 19.6 Å². The first kappa shape index (κ1) is 18.2. The Kier molecular flexibility index (Phi) is 4.95. The number of hydrazine groups is 1. The van der Waals surface area contributed by atoms with Crippen LogP contribution in [-0.4, -0.2) is 43.7 Å². The number of fused-ring (bicyclic) bond motifs is 1. The molecule has 0 radical (unpaired) electrons. The predicted molar refractivity (Wildman–Crippen MR) is 109 cm³/mol. The van der Waals surface area contributed by atoms with Crippen molar-refractivity contribution in [3.05, 3.63) is 42.1 Å². The minimum absolute atomic E-state index is 0.0434. The highest BCUT2D eigenvalue weighted by atomic mass is 16.6. The van der Waals surface area contributed by atoms with E-state index in [0.29, 0.717) is 25.4 Å². The van der Waals surface area contributed by atoms with E-state index in [2.05, 4.69) is 26.1 Å². The zero-order valence-corrected chi connectivity index (χ0v) is 16.2. The lowest BCUT2D eigenvalue weighted by atomic mass is 9.93. The molecule has 5 rings (SSSR count). The molecule has 8 heteroatoms. The third-order valence-electron chi connectivity index (χ3n) is 5.69. The zero-order valence-electron chi connectivity index (χ0n) is 16.2. The van der Waals surface area contributed by atoms with Gasteiger partial charge >= 0.3 is 0 Å². The van der Waals surface area contributed by atoms with E-state index in [-0.39, 0.29) is 17.9 Å². The highest BCUT2D eigenvalue weighted by Gasteiger charge is 2.34. The van der Waals surface area contributed by atoms with Gasteiger partial charge in [-0.15, -0.1) is 0 Å². The standard InChI is InChI=1S/C21H25N5O3/c27-21(24-15-4-6-19(22-12-15)26-7-1-2-8-26)16-13-23-25-20(16)14-3-5-17-18(11-14)29-10-9-28-17/h3-6,11-12,16,20,23,25H,1-2,7-10,13H2,(H,24,27). The number of carbonyl (C=O) groups is 1. The number of ether oxygens (including phenoxy) is 2. The molecule has 2 fully saturated rings. The zero-order chi connectivity index (χ0) is 19.6. The van der Waals surface area contributed by atoms with Crippen LogP contribution >= 0.6 is 0 Å². The van der Waals surface area contributed by atoms with Crippen LogP contribution in [0, 0.1) is 5.92 Å². The van der Waals surface area contributed by atoms with Crippen LogP contribution in [0.1, 0.15) is 24.4 Å². The molecule has 0 saturated carbocycles. The normalized spacial score (nSPS) is 23.2. The van der Waals surface area contributed by atoms with Gasteiger partial charge in [0.15, 0.2) is 11.5 Å². The fraction of sp³-hybridized carbons (Fsp3) is 0.429. The fourth-order valence-corrected chi connectivity index (χ4v) is 4.14. The minimum Gasteiger partial charge on any atom is -0.486 e. The van der Waals surface area contributed by atoms with Crippen LogP contribution in [-0.2, 0) is 4.79 Å². The Morgan fingerprint density at radius 3 is 2.72 bits per heavy atom. The van der Waals surface area contributed by atoms with Crippen LogP contribution in [0.5, 0.6) is 11.5 Å². The van der Waals surface area contributed by atoms with E-state index in [0.717, 1.165) is 36.0 Å². The highest BCUT2D eigenvalue weighted by molar-refractivity contribution is 5.93. The molecule has 0 spiro atoms. The number of pyridine rings is 1. The molecule has 4 heterocycles. The van der Waals surface area contributed by atoms with Crippen molar-refractivity contribution in [1.82, 2.24) is 15.8 Å². The maximum absolute atomic E-state index is 12.9. The molecule has 1 aromatic heterocycles. The van der Waals surface area contributed by atoms with Gasteiger partial charge in [0.1, 0.15) is 19.0 Å². The van der Waals surface area contributed by atoms with Gasteiger partial charge in [0.05, 0.1) is 23.8 Å². The number of nitrogens with zero attached hydrogens (tertiary/aromatic N) is 2. The molecule has 152 valence electrons. The van der Waals surface area contributed by atoms with Crippen molar-refractivity contribution in [2.75, 3.05) is 43.1 Å². The summed E-state index contributed by atoms with van der Waals surface area (Å²) in [6.45, 7) is 3.75. The molecule has 0 bridgehead atoms. The minimum atomic E-state index is -0.254. The summed E-state index contributed by atoms with van der Waals surface area (Å²) in [4.78, 5) is 19.7. The third-order valence-corrected chi connectivity index (χ3v) is 5.69. The molecule has 2 unspecified atom stereocenters. The second kappa shape index (κ2) is 7.88. The number of carbonyl (C=O) groups excluding carboxylic acids is 1. The molecule has 3 aliphatic heterocycles. The summed E-state index contributed by atoms with van der Waals surface area (Å²) in [5, 5.41) is 3.01. The summed E-state index contributed by atoms with van der Waals surface area (Å²) < 4.78 is 11.3. The van der Waals surface area contributed by atoms with Crippen LogP contribution in [0.4, 0.5) is 11.5 Å². The van der Waals surface area contributed by atoms with Crippen molar-refractivity contribution >= 4 is 17.4 Å². The van der Waals surface area contributed by atoms with E-state index in [4.69, 9.17) is 9.47 Å². The molecular formula is C21H25N5O3. The van der Waals surface area contributed by atoms with Gasteiger partial charge in [-0.2, -0.15) is 0 Å². The van der Waals surface area contributed by atoms with Crippen LogP contribution in [0.3, 0.4) is 0 Å². The van der Waals surface area contributed by atoms with Gasteiger partial charge in [-0.1, -0.05) is 6.07 Å². The predicted octanol–water partition coefficient (Wildman–Crippen LogP) is 1.86. The van der Waals surface area contributed by atoms with Crippen LogP contribution in [0.25, 0.3) is 0 Å². The van der Waals surface area contributed by atoms with Gasteiger partial charge in [0.25, 0.3) is 0 Å². The number of amides is 1. The molecule has 0 aliphatic carbocycles. The summed E-state index contributed by atoms with van der Waals surface area (Å²) in [5.41, 5.74) is 8.02. The van der Waals surface area contributed by atoms with Crippen molar-refractivity contribution in [2.24, 2.45) is 5.92 Å². The van der Waals surface area contributed by atoms with Crippen molar-refractivity contribution < 1.29 is 14.3 Å². The lowest BCUT2D eigenvalue weighted by Crippen LogP contribution is -2.30. The van der Waals surface area contributed by atoms with Crippen molar-refractivity contribution in [3.63, 3.8) is 0 Å². The molecule has 8 nitrogen and oxygen atoms in total. The topological polar surface area (TPSA) is 87.8 Å². The molecule has 3 aliphatic rings. The van der Waals surface area contributed by atoms with E-state index in [9.17, 15) is 4.79 Å². The molecule has 29 heavy (non-hydrogen) atoms. The number of anilines is 2. The van der Waals surface area contributed by atoms with E-state index in [1.807, 2.05) is 30.3 Å². The number of rotatable bonds is 4. The molecule has 1 aromatic carbocycles. The average molecular weight is 395 g/mol. The van der Waals surface area contributed by atoms with Gasteiger partial charge in [-0.3, -0.25) is 10.2 Å². The monoisotopic (exact) mass is 395 g/mol. The summed E-state index contributed by atoms with van der Waals surface area (Å²) in [6, 6.07) is 9.58. The number of aromatic nitrogens is 1. The summed E-state index contributed by atoms with van der Waals surface area (Å²) >= 11 is 0. The Labute approximate surface area is 169 Å². The number of benzene rings is 1. The quantitative estimate of drug-likeness (QED) is 0.728. The second-order valence-electron chi connectivity index (χ2n) is 7.60. The lowest BCUT2D eigenvalue weighted by Gasteiger charge is -2.22. The second-order valence-corrected chi connectivity index (χ2v) is 7.60. The molecule has 2 atom stereocenters. The van der Waals surface area contributed by atoms with Crippen LogP contribution < -0.4 is 30.5 Å². The number of hydrogen-bond acceptors (Lipinski definition) is 7. The van der Waals surface area contributed by atoms with Crippen molar-refractivity contribution in [2.45, 2.75) is 18.9 Å². The van der Waals surface area contributed by atoms with Gasteiger partial charge in [-0.25, -0.2) is 10.4 Å². The van der Waals surface area contributed by atoms with E-state index in [1.165, 1.54) is 12.8 Å². The van der Waals surface area contributed by atoms with Gasteiger partial charge in [0.2, 0.25) is 5.91 Å². The maximum atomic E-state index is 12.9. The first-order valence-corrected chi connectivity index (χ1v) is 10.2. The van der Waals surface area contributed by atoms with Gasteiger partial charge < -0.3 is 19.7 Å². The van der Waals surface area contributed by atoms with Crippen LogP contribution in [0.2, 0.25) is 0 Å². The SMILES string of the molecule is O=C(Nc1ccc(N2CCCC2)nc1)C1CNNC1c1ccc2c(c1)OCCO2. The molecule has 2 aromatic rings.